The van der Waals surface area contributed by atoms with Crippen LogP contribution in [0.5, 0.6) is 0 Å². The maximum atomic E-state index is 13.2. The summed E-state index contributed by atoms with van der Waals surface area (Å²) >= 11 is 0. The van der Waals surface area contributed by atoms with Crippen LogP contribution in [0.25, 0.3) is 0 Å². The summed E-state index contributed by atoms with van der Waals surface area (Å²) in [6.07, 6.45) is 1.95. The number of hydrogen-bond donors (Lipinski definition) is 0. The van der Waals surface area contributed by atoms with Gasteiger partial charge in [0.15, 0.2) is 11.9 Å². The number of allylic oxidation sites excluding steroid dienone is 3. The number of carbonyl (C=O) groups is 4. The molecule has 2 bridgehead atoms. The van der Waals surface area contributed by atoms with Gasteiger partial charge < -0.3 is 14.2 Å². The molecule has 0 aliphatic heterocycles. The van der Waals surface area contributed by atoms with E-state index in [9.17, 15) is 19.2 Å². The Balaban J connectivity index is 2.41. The lowest BCUT2D eigenvalue weighted by Gasteiger charge is -2.57. The molecule has 0 aromatic rings. The Hall–Kier alpha value is -2.70. The molecule has 0 unspecified atom stereocenters. The zero-order chi connectivity index (χ0) is 24.9. The fourth-order valence-corrected chi connectivity index (χ4v) is 6.29. The normalized spacial score (nSPS) is 35.2. The zero-order valence-corrected chi connectivity index (χ0v) is 20.5. The maximum Gasteiger partial charge on any atom is 0.303 e. The van der Waals surface area contributed by atoms with Gasteiger partial charge in [-0.15, -0.1) is 0 Å². The van der Waals surface area contributed by atoms with Crippen LogP contribution in [0.3, 0.4) is 0 Å². The molecular weight excluding hydrogens is 424 g/mol. The van der Waals surface area contributed by atoms with Crippen LogP contribution in [0.1, 0.15) is 61.3 Å². The lowest BCUT2D eigenvalue weighted by atomic mass is 9.50. The second-order valence-electron chi connectivity index (χ2n) is 10.3. The minimum absolute atomic E-state index is 0.106. The minimum atomic E-state index is -0.960. The van der Waals surface area contributed by atoms with Crippen LogP contribution in [0.4, 0.5) is 0 Å². The summed E-state index contributed by atoms with van der Waals surface area (Å²) < 4.78 is 17.7. The number of rotatable bonds is 3. The summed E-state index contributed by atoms with van der Waals surface area (Å²) in [7, 11) is 0. The molecule has 0 aromatic heterocycles. The predicted molar refractivity (Wildman–Crippen MR) is 121 cm³/mol. The smallest absolute Gasteiger partial charge is 0.303 e. The number of ketones is 1. The van der Waals surface area contributed by atoms with E-state index in [2.05, 4.69) is 6.58 Å². The van der Waals surface area contributed by atoms with Gasteiger partial charge in [-0.05, 0) is 35.5 Å². The summed E-state index contributed by atoms with van der Waals surface area (Å²) in [4.78, 5) is 50.0. The van der Waals surface area contributed by atoms with Crippen molar-refractivity contribution in [1.29, 1.82) is 0 Å². The number of Topliss-reactive ketones (excluding diaryl/α,β-unsaturated/α-hetero) is 1. The third-order valence-corrected chi connectivity index (χ3v) is 7.67. The van der Waals surface area contributed by atoms with Crippen LogP contribution in [-0.2, 0) is 33.4 Å². The number of esters is 3. The van der Waals surface area contributed by atoms with Gasteiger partial charge in [-0.1, -0.05) is 39.5 Å². The second-order valence-corrected chi connectivity index (χ2v) is 10.3. The van der Waals surface area contributed by atoms with Gasteiger partial charge in [0.05, 0.1) is 0 Å². The summed E-state index contributed by atoms with van der Waals surface area (Å²) in [6.45, 7) is 15.8. The monoisotopic (exact) mass is 458 g/mol. The quantitative estimate of drug-likeness (QED) is 0.468. The van der Waals surface area contributed by atoms with Gasteiger partial charge in [-0.25, -0.2) is 0 Å². The van der Waals surface area contributed by atoms with Gasteiger partial charge in [0.25, 0.3) is 0 Å². The van der Waals surface area contributed by atoms with Gasteiger partial charge in [-0.3, -0.25) is 19.2 Å². The van der Waals surface area contributed by atoms with Crippen molar-refractivity contribution in [2.75, 3.05) is 0 Å². The second kappa shape index (κ2) is 8.58. The van der Waals surface area contributed by atoms with Crippen LogP contribution in [0.2, 0.25) is 0 Å². The molecule has 7 heteroatoms. The fraction of sp³-hybridized carbons (Fsp3) is 0.615. The first kappa shape index (κ1) is 24.9. The van der Waals surface area contributed by atoms with E-state index < -0.39 is 53.0 Å². The summed E-state index contributed by atoms with van der Waals surface area (Å²) in [6, 6.07) is 0. The van der Waals surface area contributed by atoms with E-state index in [4.69, 9.17) is 14.2 Å². The van der Waals surface area contributed by atoms with E-state index >= 15 is 0 Å². The van der Waals surface area contributed by atoms with Crippen molar-refractivity contribution in [3.05, 3.63) is 35.5 Å². The summed E-state index contributed by atoms with van der Waals surface area (Å²) in [5.74, 6) is -2.46. The fourth-order valence-electron chi connectivity index (χ4n) is 6.29. The highest BCUT2D eigenvalue weighted by atomic mass is 16.6. The van der Waals surface area contributed by atoms with E-state index in [1.807, 2.05) is 32.9 Å². The van der Waals surface area contributed by atoms with Gasteiger partial charge in [-0.2, -0.15) is 0 Å². The van der Waals surface area contributed by atoms with Gasteiger partial charge in [0.2, 0.25) is 0 Å². The molecule has 0 aromatic carbocycles. The number of carbonyl (C=O) groups excluding carboxylic acids is 4. The molecule has 0 amide bonds. The largest absolute Gasteiger partial charge is 0.462 e. The Bertz CT molecular complexity index is 969. The van der Waals surface area contributed by atoms with Crippen molar-refractivity contribution in [1.82, 2.24) is 0 Å². The first-order chi connectivity index (χ1) is 15.2. The zero-order valence-electron chi connectivity index (χ0n) is 20.5. The first-order valence-corrected chi connectivity index (χ1v) is 11.3. The lowest BCUT2D eigenvalue weighted by Crippen LogP contribution is -2.62. The highest BCUT2D eigenvalue weighted by molar-refractivity contribution is 5.97. The average molecular weight is 459 g/mol. The topological polar surface area (TPSA) is 96.0 Å². The van der Waals surface area contributed by atoms with Crippen LogP contribution in [0, 0.1) is 22.7 Å². The number of ether oxygens (including phenoxy) is 3. The SMILES string of the molecule is C=C1C=CC[C@@]2(C)[C@@H](OC(C)=O)[C@H](OC(C)=O)C3=C(C)C(=O)C[C@@H]([C@@H](OC(C)=O)[C@H]12)C3(C)C. The van der Waals surface area contributed by atoms with Crippen LogP contribution in [-0.4, -0.2) is 42.0 Å². The van der Waals surface area contributed by atoms with Crippen molar-refractivity contribution in [2.45, 2.75) is 79.6 Å². The first-order valence-electron chi connectivity index (χ1n) is 11.3. The van der Waals surface area contributed by atoms with Crippen molar-refractivity contribution in [3.63, 3.8) is 0 Å². The Labute approximate surface area is 195 Å². The number of fused-ring (bicyclic) bond motifs is 3. The molecule has 0 heterocycles. The van der Waals surface area contributed by atoms with Crippen molar-refractivity contribution in [2.24, 2.45) is 22.7 Å². The lowest BCUT2D eigenvalue weighted by molar-refractivity contribution is -0.195. The Morgan fingerprint density at radius 1 is 1.00 bits per heavy atom. The molecule has 180 valence electrons. The van der Waals surface area contributed by atoms with Crippen LogP contribution >= 0.6 is 0 Å². The van der Waals surface area contributed by atoms with Gasteiger partial charge in [0.1, 0.15) is 12.2 Å². The van der Waals surface area contributed by atoms with Gasteiger partial charge >= 0.3 is 17.9 Å². The Morgan fingerprint density at radius 2 is 1.58 bits per heavy atom. The molecule has 0 spiro atoms. The highest BCUT2D eigenvalue weighted by Gasteiger charge is 2.62. The molecule has 3 aliphatic rings. The Morgan fingerprint density at radius 3 is 2.12 bits per heavy atom. The molecule has 3 aliphatic carbocycles. The van der Waals surface area contributed by atoms with Crippen molar-refractivity contribution in [3.8, 4) is 0 Å². The van der Waals surface area contributed by atoms with E-state index in [0.29, 0.717) is 23.1 Å². The third-order valence-electron chi connectivity index (χ3n) is 7.67. The van der Waals surface area contributed by atoms with Crippen LogP contribution in [0.15, 0.2) is 35.5 Å². The summed E-state index contributed by atoms with van der Waals surface area (Å²) in [5, 5.41) is 0. The summed E-state index contributed by atoms with van der Waals surface area (Å²) in [5.41, 5.74) is 0.319. The van der Waals surface area contributed by atoms with E-state index in [0.717, 1.165) is 0 Å². The molecule has 7 nitrogen and oxygen atoms in total. The standard InChI is InChI=1S/C26H34O7/c1-13-10-9-11-26(8)20(13)22(31-15(3)27)18-12-19(30)14(2)21(25(18,6)7)23(32-16(4)28)24(26)33-17(5)29/h9-10,18,20,22-24H,1,11-12H2,2-8H3/t18-,20-,22+,23+,24-,26+/m0/s1. The molecule has 1 fully saturated rings. The molecule has 6 atom stereocenters. The maximum absolute atomic E-state index is 13.2. The van der Waals surface area contributed by atoms with Crippen molar-refractivity contribution < 1.29 is 33.4 Å². The molecule has 0 saturated heterocycles. The van der Waals surface area contributed by atoms with Gasteiger partial charge in [0, 0.05) is 44.4 Å². The molecule has 1 saturated carbocycles. The number of hydrogen-bond acceptors (Lipinski definition) is 7. The van der Waals surface area contributed by atoms with Crippen molar-refractivity contribution >= 4 is 23.7 Å². The predicted octanol–water partition coefficient (Wildman–Crippen LogP) is 3.87. The van der Waals surface area contributed by atoms with E-state index in [1.165, 1.54) is 20.8 Å². The molecule has 0 radical (unpaired) electrons. The van der Waals surface area contributed by atoms with E-state index in [1.54, 1.807) is 6.92 Å². The highest BCUT2D eigenvalue weighted by Crippen LogP contribution is 2.59. The molecule has 3 rings (SSSR count). The Kier molecular flexibility index (Phi) is 6.48. The van der Waals surface area contributed by atoms with E-state index in [-0.39, 0.29) is 18.1 Å². The molecule has 0 N–H and O–H groups in total. The average Bonchev–Trinajstić information content (AvgIpc) is 2.66. The molecule has 33 heavy (non-hydrogen) atoms. The third kappa shape index (κ3) is 4.18. The van der Waals surface area contributed by atoms with Crippen LogP contribution < -0.4 is 0 Å². The molecular formula is C26H34O7. The minimum Gasteiger partial charge on any atom is -0.462 e.